The summed E-state index contributed by atoms with van der Waals surface area (Å²) < 4.78 is 24.2. The Bertz CT molecular complexity index is 626. The predicted octanol–water partition coefficient (Wildman–Crippen LogP) is 3.74. The Morgan fingerprint density at radius 1 is 1.14 bits per heavy atom. The van der Waals surface area contributed by atoms with Gasteiger partial charge in [-0.1, -0.05) is 12.1 Å². The van der Waals surface area contributed by atoms with Crippen LogP contribution in [0.5, 0.6) is 11.5 Å². The monoisotopic (exact) mass is 289 g/mol. The van der Waals surface area contributed by atoms with Gasteiger partial charge in [0.1, 0.15) is 12.4 Å². The van der Waals surface area contributed by atoms with Crippen LogP contribution in [0.1, 0.15) is 29.7 Å². The molecule has 21 heavy (non-hydrogen) atoms. The smallest absolute Gasteiger partial charge is 0.161 e. The number of halogens is 1. The molecular formula is C17H20FNO2. The van der Waals surface area contributed by atoms with E-state index in [1.807, 2.05) is 32.0 Å². The van der Waals surface area contributed by atoms with Crippen LogP contribution in [0.3, 0.4) is 0 Å². The van der Waals surface area contributed by atoms with Crippen LogP contribution < -0.4 is 15.2 Å². The third kappa shape index (κ3) is 3.73. The Labute approximate surface area is 124 Å². The largest absolute Gasteiger partial charge is 0.493 e. The molecule has 2 N–H and O–H groups in total. The average molecular weight is 289 g/mol. The number of benzene rings is 2. The van der Waals surface area contributed by atoms with Gasteiger partial charge in [-0.05, 0) is 54.8 Å². The van der Waals surface area contributed by atoms with E-state index in [9.17, 15) is 4.39 Å². The highest BCUT2D eigenvalue weighted by Gasteiger charge is 2.09. The first-order chi connectivity index (χ1) is 10.0. The SMILES string of the molecule is COc1cc([C@@H](C)N)ccc1OCc1ccc(F)cc1C. The van der Waals surface area contributed by atoms with Gasteiger partial charge in [0, 0.05) is 6.04 Å². The van der Waals surface area contributed by atoms with Gasteiger partial charge in [0.25, 0.3) is 0 Å². The standard InChI is InChI=1S/C17H20FNO2/c1-11-8-15(18)6-4-14(11)10-21-16-7-5-13(12(2)19)9-17(16)20-3/h4-9,12H,10,19H2,1-3H3/t12-/m1/s1. The summed E-state index contributed by atoms with van der Waals surface area (Å²) in [5, 5.41) is 0. The Kier molecular flexibility index (Phi) is 4.81. The first kappa shape index (κ1) is 15.3. The van der Waals surface area contributed by atoms with Crippen molar-refractivity contribution in [2.75, 3.05) is 7.11 Å². The predicted molar refractivity (Wildman–Crippen MR) is 81.1 cm³/mol. The van der Waals surface area contributed by atoms with Gasteiger partial charge in [-0.25, -0.2) is 4.39 Å². The number of ether oxygens (including phenoxy) is 2. The molecule has 0 radical (unpaired) electrons. The summed E-state index contributed by atoms with van der Waals surface area (Å²) in [5.74, 6) is 1.05. The third-order valence-electron chi connectivity index (χ3n) is 3.40. The molecule has 1 atom stereocenters. The summed E-state index contributed by atoms with van der Waals surface area (Å²) in [7, 11) is 1.59. The summed E-state index contributed by atoms with van der Waals surface area (Å²) in [5.41, 5.74) is 8.64. The molecule has 0 spiro atoms. The fourth-order valence-corrected chi connectivity index (χ4v) is 2.06. The Morgan fingerprint density at radius 2 is 1.90 bits per heavy atom. The van der Waals surface area contributed by atoms with Crippen LogP contribution in [0.4, 0.5) is 4.39 Å². The molecule has 0 amide bonds. The Hall–Kier alpha value is -2.07. The van der Waals surface area contributed by atoms with Gasteiger partial charge in [0.2, 0.25) is 0 Å². The topological polar surface area (TPSA) is 44.5 Å². The number of methoxy groups -OCH3 is 1. The van der Waals surface area contributed by atoms with Crippen molar-refractivity contribution in [2.24, 2.45) is 5.73 Å². The highest BCUT2D eigenvalue weighted by Crippen LogP contribution is 2.30. The van der Waals surface area contributed by atoms with E-state index in [4.69, 9.17) is 15.2 Å². The van der Waals surface area contributed by atoms with E-state index in [0.29, 0.717) is 18.1 Å². The molecule has 2 aromatic carbocycles. The zero-order valence-electron chi connectivity index (χ0n) is 12.5. The van der Waals surface area contributed by atoms with Gasteiger partial charge < -0.3 is 15.2 Å². The zero-order chi connectivity index (χ0) is 15.4. The van der Waals surface area contributed by atoms with E-state index in [1.54, 1.807) is 13.2 Å². The normalized spacial score (nSPS) is 12.0. The summed E-state index contributed by atoms with van der Waals surface area (Å²) >= 11 is 0. The Balaban J connectivity index is 2.16. The third-order valence-corrected chi connectivity index (χ3v) is 3.40. The van der Waals surface area contributed by atoms with Gasteiger partial charge >= 0.3 is 0 Å². The summed E-state index contributed by atoms with van der Waals surface area (Å²) in [4.78, 5) is 0. The van der Waals surface area contributed by atoms with Gasteiger partial charge in [-0.3, -0.25) is 0 Å². The quantitative estimate of drug-likeness (QED) is 0.912. The number of hydrogen-bond acceptors (Lipinski definition) is 3. The molecule has 2 aromatic rings. The summed E-state index contributed by atoms with van der Waals surface area (Å²) in [6, 6.07) is 10.2. The van der Waals surface area contributed by atoms with E-state index >= 15 is 0 Å². The van der Waals surface area contributed by atoms with Gasteiger partial charge in [-0.15, -0.1) is 0 Å². The average Bonchev–Trinajstić information content (AvgIpc) is 2.46. The molecule has 0 heterocycles. The van der Waals surface area contributed by atoms with Gasteiger partial charge in [-0.2, -0.15) is 0 Å². The van der Waals surface area contributed by atoms with Crippen LogP contribution in [0.2, 0.25) is 0 Å². The zero-order valence-corrected chi connectivity index (χ0v) is 12.5. The minimum Gasteiger partial charge on any atom is -0.493 e. The van der Waals surface area contributed by atoms with Crippen molar-refractivity contribution in [1.82, 2.24) is 0 Å². The van der Waals surface area contributed by atoms with Crippen molar-refractivity contribution >= 4 is 0 Å². The molecule has 0 saturated carbocycles. The van der Waals surface area contributed by atoms with Crippen molar-refractivity contribution in [3.05, 3.63) is 58.9 Å². The van der Waals surface area contributed by atoms with Gasteiger partial charge in [0.15, 0.2) is 11.5 Å². The van der Waals surface area contributed by atoms with Crippen LogP contribution >= 0.6 is 0 Å². The number of rotatable bonds is 5. The van der Waals surface area contributed by atoms with Gasteiger partial charge in [0.05, 0.1) is 7.11 Å². The van der Waals surface area contributed by atoms with Crippen LogP contribution in [0.25, 0.3) is 0 Å². The molecule has 0 unspecified atom stereocenters. The lowest BCUT2D eigenvalue weighted by atomic mass is 10.1. The summed E-state index contributed by atoms with van der Waals surface area (Å²) in [6.45, 7) is 4.13. The maximum absolute atomic E-state index is 13.1. The first-order valence-electron chi connectivity index (χ1n) is 6.82. The maximum atomic E-state index is 13.1. The molecule has 3 nitrogen and oxygen atoms in total. The molecule has 0 fully saturated rings. The second kappa shape index (κ2) is 6.59. The molecule has 0 aliphatic carbocycles. The van der Waals surface area contributed by atoms with Crippen molar-refractivity contribution in [3.8, 4) is 11.5 Å². The highest BCUT2D eigenvalue weighted by molar-refractivity contribution is 5.44. The lowest BCUT2D eigenvalue weighted by Gasteiger charge is -2.14. The molecule has 0 bridgehead atoms. The minimum atomic E-state index is -0.241. The van der Waals surface area contributed by atoms with E-state index in [1.165, 1.54) is 12.1 Å². The molecule has 2 rings (SSSR count). The number of nitrogens with two attached hydrogens (primary N) is 1. The summed E-state index contributed by atoms with van der Waals surface area (Å²) in [6.07, 6.45) is 0. The van der Waals surface area contributed by atoms with Crippen molar-refractivity contribution in [1.29, 1.82) is 0 Å². The van der Waals surface area contributed by atoms with Crippen LogP contribution in [-0.4, -0.2) is 7.11 Å². The van der Waals surface area contributed by atoms with E-state index < -0.39 is 0 Å². The number of aryl methyl sites for hydroxylation is 1. The first-order valence-corrected chi connectivity index (χ1v) is 6.82. The molecule has 0 aromatic heterocycles. The number of hydrogen-bond donors (Lipinski definition) is 1. The minimum absolute atomic E-state index is 0.0627. The fourth-order valence-electron chi connectivity index (χ4n) is 2.06. The molecule has 0 saturated heterocycles. The lowest BCUT2D eigenvalue weighted by Crippen LogP contribution is -2.06. The van der Waals surface area contributed by atoms with Crippen molar-refractivity contribution < 1.29 is 13.9 Å². The van der Waals surface area contributed by atoms with Crippen molar-refractivity contribution in [3.63, 3.8) is 0 Å². The molecule has 0 aliphatic rings. The van der Waals surface area contributed by atoms with E-state index in [-0.39, 0.29) is 11.9 Å². The van der Waals surface area contributed by atoms with Crippen molar-refractivity contribution in [2.45, 2.75) is 26.5 Å². The van der Waals surface area contributed by atoms with E-state index in [2.05, 4.69) is 0 Å². The molecule has 4 heteroatoms. The second-order valence-corrected chi connectivity index (χ2v) is 5.06. The maximum Gasteiger partial charge on any atom is 0.161 e. The lowest BCUT2D eigenvalue weighted by molar-refractivity contribution is 0.283. The molecule has 0 aliphatic heterocycles. The second-order valence-electron chi connectivity index (χ2n) is 5.06. The van der Waals surface area contributed by atoms with Crippen LogP contribution in [0, 0.1) is 12.7 Å². The molecule has 112 valence electrons. The van der Waals surface area contributed by atoms with Crippen LogP contribution in [0.15, 0.2) is 36.4 Å². The molecular weight excluding hydrogens is 269 g/mol. The Morgan fingerprint density at radius 3 is 2.52 bits per heavy atom. The fraction of sp³-hybridized carbons (Fsp3) is 0.294. The van der Waals surface area contributed by atoms with E-state index in [0.717, 1.165) is 16.7 Å². The highest BCUT2D eigenvalue weighted by atomic mass is 19.1. The van der Waals surface area contributed by atoms with Crippen LogP contribution in [-0.2, 0) is 6.61 Å².